The predicted octanol–water partition coefficient (Wildman–Crippen LogP) is 4.29. The molecule has 3 heterocycles. The molecule has 0 amide bonds. The average molecular weight is 427 g/mol. The van der Waals surface area contributed by atoms with E-state index in [9.17, 15) is 4.79 Å². The maximum atomic E-state index is 12.0. The highest BCUT2D eigenvalue weighted by Gasteiger charge is 2.19. The van der Waals surface area contributed by atoms with Gasteiger partial charge >= 0.3 is 5.63 Å². The zero-order valence-corrected chi connectivity index (χ0v) is 18.0. The van der Waals surface area contributed by atoms with Crippen molar-refractivity contribution in [1.29, 1.82) is 5.26 Å². The first kappa shape index (κ1) is 20.3. The Balaban J connectivity index is 1.14. The van der Waals surface area contributed by atoms with Gasteiger partial charge in [-0.25, -0.2) is 4.79 Å². The van der Waals surface area contributed by atoms with E-state index in [0.29, 0.717) is 11.1 Å². The van der Waals surface area contributed by atoms with Crippen LogP contribution in [-0.2, 0) is 6.42 Å². The Morgan fingerprint density at radius 3 is 2.69 bits per heavy atom. The van der Waals surface area contributed by atoms with Crippen LogP contribution in [0.15, 0.2) is 63.9 Å². The lowest BCUT2D eigenvalue weighted by Crippen LogP contribution is -2.46. The maximum Gasteiger partial charge on any atom is 0.338 e. The largest absolute Gasteiger partial charge is 0.423 e. The summed E-state index contributed by atoms with van der Waals surface area (Å²) in [5.41, 5.74) is 4.43. The molecular formula is C26H26N4O2. The Morgan fingerprint density at radius 2 is 1.84 bits per heavy atom. The molecule has 1 N–H and O–H groups in total. The number of aromatic nitrogens is 1. The zero-order chi connectivity index (χ0) is 21.9. The Kier molecular flexibility index (Phi) is 5.66. The quantitative estimate of drug-likeness (QED) is 0.368. The van der Waals surface area contributed by atoms with Crippen molar-refractivity contribution in [3.8, 4) is 6.07 Å². The van der Waals surface area contributed by atoms with Gasteiger partial charge in [-0.1, -0.05) is 12.1 Å². The second-order valence-electron chi connectivity index (χ2n) is 8.42. The minimum atomic E-state index is -0.291. The van der Waals surface area contributed by atoms with Crippen LogP contribution in [0.5, 0.6) is 0 Å². The number of nitrogens with one attached hydrogen (secondary N) is 1. The maximum absolute atomic E-state index is 12.0. The lowest BCUT2D eigenvalue weighted by Gasteiger charge is -2.36. The van der Waals surface area contributed by atoms with Gasteiger partial charge in [-0.15, -0.1) is 0 Å². The first-order valence-electron chi connectivity index (χ1n) is 11.2. The standard InChI is InChI=1S/C26H26N4O2/c27-17-19-8-9-23-22(15-19)20(18-28-23)5-3-4-10-29-11-13-30(14-12-29)24-16-26(31)32-25-7-2-1-6-21(24)25/h1-2,6-9,15-16,18,28H,3-5,10-14H2. The lowest BCUT2D eigenvalue weighted by atomic mass is 10.0. The van der Waals surface area contributed by atoms with Crippen molar-refractivity contribution in [2.45, 2.75) is 19.3 Å². The number of anilines is 1. The highest BCUT2D eigenvalue weighted by atomic mass is 16.4. The summed E-state index contributed by atoms with van der Waals surface area (Å²) in [7, 11) is 0. The van der Waals surface area contributed by atoms with E-state index in [-0.39, 0.29) is 5.63 Å². The highest BCUT2D eigenvalue weighted by Crippen LogP contribution is 2.26. The van der Waals surface area contributed by atoms with Gasteiger partial charge in [0.1, 0.15) is 5.58 Å². The highest BCUT2D eigenvalue weighted by molar-refractivity contribution is 5.90. The molecular weight excluding hydrogens is 400 g/mol. The number of aryl methyl sites for hydroxylation is 1. The van der Waals surface area contributed by atoms with E-state index in [1.807, 2.05) is 42.5 Å². The zero-order valence-electron chi connectivity index (χ0n) is 18.0. The smallest absolute Gasteiger partial charge is 0.338 e. The number of nitriles is 1. The molecule has 6 heteroatoms. The Labute approximate surface area is 186 Å². The number of para-hydroxylation sites is 1. The van der Waals surface area contributed by atoms with Gasteiger partial charge in [0.2, 0.25) is 0 Å². The number of fused-ring (bicyclic) bond motifs is 2. The van der Waals surface area contributed by atoms with E-state index in [1.54, 1.807) is 6.07 Å². The van der Waals surface area contributed by atoms with Crippen molar-refractivity contribution in [2.24, 2.45) is 0 Å². The molecule has 0 unspecified atom stereocenters. The summed E-state index contributed by atoms with van der Waals surface area (Å²) in [5.74, 6) is 0. The molecule has 5 rings (SSSR count). The third kappa shape index (κ3) is 4.12. The molecule has 0 saturated carbocycles. The molecule has 0 aliphatic carbocycles. The van der Waals surface area contributed by atoms with Gasteiger partial charge < -0.3 is 14.3 Å². The second kappa shape index (κ2) is 8.89. The van der Waals surface area contributed by atoms with Crippen LogP contribution in [0.25, 0.3) is 21.9 Å². The van der Waals surface area contributed by atoms with Crippen LogP contribution in [0.2, 0.25) is 0 Å². The molecule has 1 aliphatic heterocycles. The number of benzene rings is 2. The van der Waals surface area contributed by atoms with Gasteiger partial charge in [-0.2, -0.15) is 5.26 Å². The molecule has 0 spiro atoms. The second-order valence-corrected chi connectivity index (χ2v) is 8.42. The van der Waals surface area contributed by atoms with E-state index in [1.165, 1.54) is 5.56 Å². The number of piperazine rings is 1. The molecule has 4 aromatic rings. The van der Waals surface area contributed by atoms with Crippen molar-refractivity contribution in [3.63, 3.8) is 0 Å². The topological polar surface area (TPSA) is 76.3 Å². The van der Waals surface area contributed by atoms with Gasteiger partial charge in [0.25, 0.3) is 0 Å². The van der Waals surface area contributed by atoms with Crippen molar-refractivity contribution >= 4 is 27.6 Å². The molecule has 2 aromatic heterocycles. The van der Waals surface area contributed by atoms with Crippen LogP contribution in [0.4, 0.5) is 5.69 Å². The van der Waals surface area contributed by atoms with Crippen molar-refractivity contribution in [3.05, 3.63) is 76.3 Å². The number of nitrogens with zero attached hydrogens (tertiary/aromatic N) is 3. The van der Waals surface area contributed by atoms with Gasteiger partial charge in [0.15, 0.2) is 0 Å². The van der Waals surface area contributed by atoms with Crippen LogP contribution in [0.1, 0.15) is 24.0 Å². The number of rotatable bonds is 6. The Hall–Kier alpha value is -3.56. The molecule has 1 saturated heterocycles. The molecule has 1 aliphatic rings. The summed E-state index contributed by atoms with van der Waals surface area (Å²) in [6.45, 7) is 4.89. The molecule has 6 nitrogen and oxygen atoms in total. The Bertz CT molecular complexity index is 1340. The summed E-state index contributed by atoms with van der Waals surface area (Å²) in [5, 5.41) is 11.3. The van der Waals surface area contributed by atoms with E-state index < -0.39 is 0 Å². The number of H-pyrrole nitrogens is 1. The van der Waals surface area contributed by atoms with Crippen molar-refractivity contribution in [2.75, 3.05) is 37.6 Å². The SMILES string of the molecule is N#Cc1ccc2[nH]cc(CCCCN3CCN(c4cc(=O)oc5ccccc45)CC3)c2c1. The third-order valence-electron chi connectivity index (χ3n) is 6.41. The van der Waals surface area contributed by atoms with Gasteiger partial charge in [0, 0.05) is 54.7 Å². The fraction of sp³-hybridized carbons (Fsp3) is 0.308. The predicted molar refractivity (Wildman–Crippen MR) is 127 cm³/mol. The first-order chi connectivity index (χ1) is 15.7. The summed E-state index contributed by atoms with van der Waals surface area (Å²) >= 11 is 0. The van der Waals surface area contributed by atoms with Crippen LogP contribution < -0.4 is 10.5 Å². The first-order valence-corrected chi connectivity index (χ1v) is 11.2. The monoisotopic (exact) mass is 426 g/mol. The van der Waals surface area contributed by atoms with Gasteiger partial charge in [0.05, 0.1) is 17.3 Å². The lowest BCUT2D eigenvalue weighted by molar-refractivity contribution is 0.253. The van der Waals surface area contributed by atoms with E-state index >= 15 is 0 Å². The number of hydrogen-bond acceptors (Lipinski definition) is 5. The number of hydrogen-bond donors (Lipinski definition) is 1. The fourth-order valence-electron chi connectivity index (χ4n) is 4.67. The van der Waals surface area contributed by atoms with Crippen LogP contribution >= 0.6 is 0 Å². The Morgan fingerprint density at radius 1 is 1.00 bits per heavy atom. The normalized spacial score (nSPS) is 14.8. The number of unbranched alkanes of at least 4 members (excludes halogenated alkanes) is 1. The van der Waals surface area contributed by atoms with E-state index in [2.05, 4.69) is 27.0 Å². The van der Waals surface area contributed by atoms with E-state index in [4.69, 9.17) is 9.68 Å². The minimum Gasteiger partial charge on any atom is -0.423 e. The molecule has 1 fully saturated rings. The molecule has 0 atom stereocenters. The van der Waals surface area contributed by atoms with Crippen LogP contribution in [0.3, 0.4) is 0 Å². The number of aromatic amines is 1. The summed E-state index contributed by atoms with van der Waals surface area (Å²) < 4.78 is 5.34. The third-order valence-corrected chi connectivity index (χ3v) is 6.41. The fourth-order valence-corrected chi connectivity index (χ4v) is 4.67. The minimum absolute atomic E-state index is 0.291. The molecule has 162 valence electrons. The van der Waals surface area contributed by atoms with Crippen molar-refractivity contribution in [1.82, 2.24) is 9.88 Å². The van der Waals surface area contributed by atoms with Crippen LogP contribution in [-0.4, -0.2) is 42.6 Å². The molecule has 32 heavy (non-hydrogen) atoms. The molecule has 2 aromatic carbocycles. The summed E-state index contributed by atoms with van der Waals surface area (Å²) in [6, 6.07) is 17.4. The average Bonchev–Trinajstić information content (AvgIpc) is 3.23. The van der Waals surface area contributed by atoms with Crippen LogP contribution in [0, 0.1) is 11.3 Å². The molecule has 0 bridgehead atoms. The molecule has 0 radical (unpaired) electrons. The van der Waals surface area contributed by atoms with Crippen molar-refractivity contribution < 1.29 is 4.42 Å². The summed E-state index contributed by atoms with van der Waals surface area (Å²) in [4.78, 5) is 20.1. The van der Waals surface area contributed by atoms with Gasteiger partial charge in [-0.3, -0.25) is 4.90 Å². The summed E-state index contributed by atoms with van der Waals surface area (Å²) in [6.07, 6.45) is 5.35. The van der Waals surface area contributed by atoms with Gasteiger partial charge in [-0.05, 0) is 61.7 Å². The van der Waals surface area contributed by atoms with E-state index in [0.717, 1.165) is 74.0 Å².